The number of halogens is 2. The van der Waals surface area contributed by atoms with Crippen molar-refractivity contribution in [3.8, 4) is 0 Å². The van der Waals surface area contributed by atoms with Gasteiger partial charge in [-0.3, -0.25) is 9.59 Å². The van der Waals surface area contributed by atoms with Gasteiger partial charge in [0.2, 0.25) is 0 Å². The van der Waals surface area contributed by atoms with E-state index in [0.717, 1.165) is 25.7 Å². The molecule has 0 amide bonds. The van der Waals surface area contributed by atoms with Crippen molar-refractivity contribution in [3.63, 3.8) is 0 Å². The molecule has 0 N–H and O–H groups in total. The Morgan fingerprint density at radius 1 is 0.583 bits per heavy atom. The standard InChI is InChI=1S/C16H31ClO.C16H31FO/c2*1-5-6-7-8-9-10-11-12-14(17)13-15(18)16(2,3)4/h2*14H,5-13H2,1-4H3. The Labute approximate surface area is 230 Å². The molecule has 2 nitrogen and oxygen atoms in total. The Balaban J connectivity index is 0. The lowest BCUT2D eigenvalue weighted by Crippen LogP contribution is -2.23. The van der Waals surface area contributed by atoms with E-state index in [9.17, 15) is 14.0 Å². The van der Waals surface area contributed by atoms with Crippen molar-refractivity contribution in [3.05, 3.63) is 0 Å². The molecular weight excluding hydrogens is 471 g/mol. The molecular formula is C32H62ClFO2. The summed E-state index contributed by atoms with van der Waals surface area (Å²) in [5, 5.41) is 0.0346. The molecule has 0 aliphatic carbocycles. The third-order valence-corrected chi connectivity index (χ3v) is 7.10. The molecule has 0 aromatic rings. The maximum Gasteiger partial charge on any atom is 0.141 e. The lowest BCUT2D eigenvalue weighted by molar-refractivity contribution is -0.127. The molecule has 36 heavy (non-hydrogen) atoms. The summed E-state index contributed by atoms with van der Waals surface area (Å²) in [7, 11) is 0. The van der Waals surface area contributed by atoms with Crippen molar-refractivity contribution in [1.82, 2.24) is 0 Å². The normalized spacial score (nSPS) is 13.6. The Bertz CT molecular complexity index is 485. The van der Waals surface area contributed by atoms with Gasteiger partial charge >= 0.3 is 0 Å². The van der Waals surface area contributed by atoms with Crippen LogP contribution in [0.3, 0.4) is 0 Å². The van der Waals surface area contributed by atoms with Crippen LogP contribution in [0.15, 0.2) is 0 Å². The summed E-state index contributed by atoms with van der Waals surface area (Å²) >= 11 is 6.22. The van der Waals surface area contributed by atoms with Crippen LogP contribution >= 0.6 is 11.6 Å². The molecule has 4 heteroatoms. The zero-order valence-corrected chi connectivity index (χ0v) is 26.2. The average molecular weight is 533 g/mol. The Kier molecular flexibility index (Phi) is 23.6. The molecule has 0 aliphatic rings. The second-order valence-electron chi connectivity index (χ2n) is 12.8. The Morgan fingerprint density at radius 2 is 0.917 bits per heavy atom. The number of carbonyl (C=O) groups is 2. The monoisotopic (exact) mass is 532 g/mol. The van der Waals surface area contributed by atoms with Gasteiger partial charge in [0.05, 0.1) is 0 Å². The van der Waals surface area contributed by atoms with Crippen molar-refractivity contribution in [1.29, 1.82) is 0 Å². The third kappa shape index (κ3) is 25.2. The van der Waals surface area contributed by atoms with E-state index < -0.39 is 11.6 Å². The van der Waals surface area contributed by atoms with E-state index in [1.165, 1.54) is 70.6 Å². The summed E-state index contributed by atoms with van der Waals surface area (Å²) in [5.74, 6) is 0.323. The molecule has 0 fully saturated rings. The molecule has 0 aliphatic heterocycles. The highest BCUT2D eigenvalue weighted by molar-refractivity contribution is 6.21. The van der Waals surface area contributed by atoms with Gasteiger partial charge in [0, 0.05) is 29.0 Å². The van der Waals surface area contributed by atoms with Gasteiger partial charge in [-0.15, -0.1) is 11.6 Å². The maximum atomic E-state index is 13.6. The average Bonchev–Trinajstić information content (AvgIpc) is 2.77. The lowest BCUT2D eigenvalue weighted by Gasteiger charge is -2.18. The quantitative estimate of drug-likeness (QED) is 0.115. The fourth-order valence-corrected chi connectivity index (χ4v) is 4.16. The van der Waals surface area contributed by atoms with Gasteiger partial charge in [0.1, 0.15) is 17.7 Å². The number of ketones is 2. The van der Waals surface area contributed by atoms with Gasteiger partial charge in [-0.1, -0.05) is 145 Å². The van der Waals surface area contributed by atoms with Crippen LogP contribution in [0.25, 0.3) is 0 Å². The van der Waals surface area contributed by atoms with Gasteiger partial charge in [0.15, 0.2) is 0 Å². The van der Waals surface area contributed by atoms with Gasteiger partial charge in [-0.2, -0.15) is 0 Å². The van der Waals surface area contributed by atoms with Crippen molar-refractivity contribution in [2.75, 3.05) is 0 Å². The first-order valence-electron chi connectivity index (χ1n) is 15.1. The Morgan fingerprint density at radius 3 is 1.31 bits per heavy atom. The Hall–Kier alpha value is -0.440. The van der Waals surface area contributed by atoms with Crippen LogP contribution in [-0.4, -0.2) is 23.1 Å². The van der Waals surface area contributed by atoms with Crippen molar-refractivity contribution in [2.24, 2.45) is 10.8 Å². The molecule has 0 heterocycles. The molecule has 0 aromatic carbocycles. The second-order valence-corrected chi connectivity index (χ2v) is 13.4. The predicted octanol–water partition coefficient (Wildman–Crippen LogP) is 11.2. The zero-order chi connectivity index (χ0) is 28.0. The van der Waals surface area contributed by atoms with Crippen LogP contribution in [0, 0.1) is 10.8 Å². The van der Waals surface area contributed by atoms with E-state index in [0.29, 0.717) is 12.8 Å². The number of unbranched alkanes of at least 4 members (excludes halogenated alkanes) is 12. The van der Waals surface area contributed by atoms with E-state index in [4.69, 9.17) is 11.6 Å². The lowest BCUT2D eigenvalue weighted by atomic mass is 9.87. The van der Waals surface area contributed by atoms with E-state index in [2.05, 4.69) is 13.8 Å². The first kappa shape index (κ1) is 37.7. The SMILES string of the molecule is CCCCCCCCCC(Cl)CC(=O)C(C)(C)C.CCCCCCCCCC(F)CC(=O)C(C)(C)C. The highest BCUT2D eigenvalue weighted by Gasteiger charge is 2.24. The summed E-state index contributed by atoms with van der Waals surface area (Å²) in [6.45, 7) is 15.9. The van der Waals surface area contributed by atoms with Crippen LogP contribution in [-0.2, 0) is 9.59 Å². The molecule has 0 radical (unpaired) electrons. The third-order valence-electron chi connectivity index (χ3n) is 6.73. The summed E-state index contributed by atoms with van der Waals surface area (Å²) in [4.78, 5) is 23.4. The molecule has 2 atom stereocenters. The van der Waals surface area contributed by atoms with Gasteiger partial charge in [0.25, 0.3) is 0 Å². The molecule has 2 unspecified atom stereocenters. The maximum absolute atomic E-state index is 13.6. The molecule has 216 valence electrons. The summed E-state index contributed by atoms with van der Waals surface area (Å²) in [6, 6.07) is 0. The van der Waals surface area contributed by atoms with Crippen LogP contribution in [0.2, 0.25) is 0 Å². The minimum Gasteiger partial charge on any atom is -0.299 e. The minimum absolute atomic E-state index is 0.0346. The van der Waals surface area contributed by atoms with Crippen LogP contribution < -0.4 is 0 Å². The van der Waals surface area contributed by atoms with Crippen molar-refractivity contribution >= 4 is 23.2 Å². The molecule has 0 rings (SSSR count). The van der Waals surface area contributed by atoms with Gasteiger partial charge in [-0.25, -0.2) is 4.39 Å². The summed E-state index contributed by atoms with van der Waals surface area (Å²) in [6.07, 6.45) is 18.7. The fourth-order valence-electron chi connectivity index (χ4n) is 3.86. The van der Waals surface area contributed by atoms with Crippen molar-refractivity contribution < 1.29 is 14.0 Å². The first-order chi connectivity index (χ1) is 16.8. The molecule has 0 saturated heterocycles. The van der Waals surface area contributed by atoms with Crippen LogP contribution in [0.5, 0.6) is 0 Å². The minimum atomic E-state index is -0.938. The largest absolute Gasteiger partial charge is 0.299 e. The van der Waals surface area contributed by atoms with Crippen LogP contribution in [0.4, 0.5) is 4.39 Å². The van der Waals surface area contributed by atoms with Crippen LogP contribution in [0.1, 0.15) is 171 Å². The van der Waals surface area contributed by atoms with E-state index in [1.807, 2.05) is 41.5 Å². The number of carbonyl (C=O) groups excluding carboxylic acids is 2. The van der Waals surface area contributed by atoms with E-state index in [1.54, 1.807) is 0 Å². The number of hydrogen-bond acceptors (Lipinski definition) is 2. The van der Waals surface area contributed by atoms with Crippen molar-refractivity contribution in [2.45, 2.75) is 183 Å². The highest BCUT2D eigenvalue weighted by Crippen LogP contribution is 2.23. The smallest absolute Gasteiger partial charge is 0.141 e. The summed E-state index contributed by atoms with van der Waals surface area (Å²) in [5.41, 5.74) is -0.641. The molecule has 0 saturated carbocycles. The molecule has 0 aromatic heterocycles. The number of rotatable bonds is 20. The summed E-state index contributed by atoms with van der Waals surface area (Å²) < 4.78 is 13.6. The predicted molar refractivity (Wildman–Crippen MR) is 158 cm³/mol. The second kappa shape index (κ2) is 22.5. The zero-order valence-electron chi connectivity index (χ0n) is 25.5. The van der Waals surface area contributed by atoms with E-state index in [-0.39, 0.29) is 28.8 Å². The first-order valence-corrected chi connectivity index (χ1v) is 15.5. The molecule has 0 bridgehead atoms. The fraction of sp³-hybridized carbons (Fsp3) is 0.938. The van der Waals surface area contributed by atoms with Gasteiger partial charge < -0.3 is 0 Å². The topological polar surface area (TPSA) is 34.1 Å². The van der Waals surface area contributed by atoms with E-state index >= 15 is 0 Å². The molecule has 0 spiro atoms. The van der Waals surface area contributed by atoms with Gasteiger partial charge in [-0.05, 0) is 12.8 Å². The number of Topliss-reactive ketones (excluding diaryl/α,β-unsaturated/α-hetero) is 2. The highest BCUT2D eigenvalue weighted by atomic mass is 35.5. The number of alkyl halides is 2. The number of hydrogen-bond donors (Lipinski definition) is 0.